The molecule has 52 valence electrons. The first-order chi connectivity index (χ1) is 4.38. The summed E-state index contributed by atoms with van der Waals surface area (Å²) in [6, 6.07) is 0.690. The van der Waals surface area contributed by atoms with Gasteiger partial charge < -0.3 is 0 Å². The van der Waals surface area contributed by atoms with E-state index in [1.54, 1.807) is 0 Å². The van der Waals surface area contributed by atoms with Crippen molar-refractivity contribution in [2.24, 2.45) is 0 Å². The quantitative estimate of drug-likeness (QED) is 0.465. The molecule has 9 heavy (non-hydrogen) atoms. The van der Waals surface area contributed by atoms with Gasteiger partial charge in [0.2, 0.25) is 0 Å². The van der Waals surface area contributed by atoms with Gasteiger partial charge in [0.1, 0.15) is 0 Å². The van der Waals surface area contributed by atoms with E-state index in [-0.39, 0.29) is 0 Å². The van der Waals surface area contributed by atoms with Gasteiger partial charge in [0.25, 0.3) is 0 Å². The van der Waals surface area contributed by atoms with Gasteiger partial charge in [-0.25, -0.2) is 5.01 Å². The molecule has 0 aromatic rings. The van der Waals surface area contributed by atoms with Crippen LogP contribution in [0.3, 0.4) is 0 Å². The summed E-state index contributed by atoms with van der Waals surface area (Å²) in [6.07, 6.45) is 2.64. The van der Waals surface area contributed by atoms with Gasteiger partial charge >= 0.3 is 0 Å². The first-order valence-electron chi connectivity index (χ1n) is 3.51. The van der Waals surface area contributed by atoms with Crippen LogP contribution in [0.4, 0.5) is 0 Å². The summed E-state index contributed by atoms with van der Waals surface area (Å²) in [4.78, 5) is 5.28. The lowest BCUT2D eigenvalue weighted by Gasteiger charge is -2.19. The summed E-state index contributed by atoms with van der Waals surface area (Å²) >= 11 is 0. The second kappa shape index (κ2) is 1.94. The van der Waals surface area contributed by atoms with Crippen molar-refractivity contribution in [2.45, 2.75) is 18.9 Å². The molecule has 0 aromatic heterocycles. The maximum atomic E-state index is 5.28. The summed E-state index contributed by atoms with van der Waals surface area (Å²) < 4.78 is 0. The van der Waals surface area contributed by atoms with Crippen LogP contribution in [0.15, 0.2) is 0 Å². The molecule has 0 radical (unpaired) electrons. The molecule has 2 aliphatic heterocycles. The largest absolute Gasteiger partial charge is 0.283 e. The smallest absolute Gasteiger partial charge is 0.0871 e. The highest BCUT2D eigenvalue weighted by Crippen LogP contribution is 2.23. The Bertz CT molecular complexity index is 118. The zero-order valence-electron chi connectivity index (χ0n) is 5.71. The van der Waals surface area contributed by atoms with Crippen molar-refractivity contribution in [3.63, 3.8) is 0 Å². The number of nitrogens with zero attached hydrogens (tertiary/aromatic N) is 2. The Balaban J connectivity index is 2.07. The normalized spacial score (nSPS) is 37.7. The lowest BCUT2D eigenvalue weighted by Crippen LogP contribution is -2.33. The molecule has 1 atom stereocenters. The van der Waals surface area contributed by atoms with Crippen LogP contribution in [-0.2, 0) is 4.84 Å². The van der Waals surface area contributed by atoms with Crippen molar-refractivity contribution in [3.05, 3.63) is 0 Å². The van der Waals surface area contributed by atoms with Gasteiger partial charge in [-0.05, 0) is 12.8 Å². The van der Waals surface area contributed by atoms with Crippen LogP contribution < -0.4 is 0 Å². The Morgan fingerprint density at radius 3 is 3.22 bits per heavy atom. The molecule has 2 rings (SSSR count). The summed E-state index contributed by atoms with van der Waals surface area (Å²) in [5, 5.41) is 4.16. The third kappa shape index (κ3) is 0.764. The van der Waals surface area contributed by atoms with E-state index >= 15 is 0 Å². The van der Waals surface area contributed by atoms with E-state index in [4.69, 9.17) is 4.84 Å². The minimum atomic E-state index is 0.690. The van der Waals surface area contributed by atoms with Crippen molar-refractivity contribution in [1.29, 1.82) is 0 Å². The lowest BCUT2D eigenvalue weighted by atomic mass is 10.2. The topological polar surface area (TPSA) is 15.7 Å². The van der Waals surface area contributed by atoms with E-state index in [1.165, 1.54) is 19.4 Å². The highest BCUT2D eigenvalue weighted by Gasteiger charge is 2.33. The van der Waals surface area contributed by atoms with Crippen LogP contribution in [0.2, 0.25) is 0 Å². The molecule has 0 N–H and O–H groups in total. The minimum Gasteiger partial charge on any atom is -0.283 e. The third-order valence-corrected chi connectivity index (χ3v) is 2.16. The van der Waals surface area contributed by atoms with Gasteiger partial charge in [0, 0.05) is 13.6 Å². The zero-order chi connectivity index (χ0) is 6.27. The van der Waals surface area contributed by atoms with E-state index in [2.05, 4.69) is 5.01 Å². The van der Waals surface area contributed by atoms with E-state index in [9.17, 15) is 0 Å². The molecule has 3 heteroatoms. The molecule has 2 saturated heterocycles. The Morgan fingerprint density at radius 2 is 2.44 bits per heavy atom. The molecular formula is C6H12N2O. The van der Waals surface area contributed by atoms with E-state index in [1.807, 2.05) is 12.2 Å². The van der Waals surface area contributed by atoms with Gasteiger partial charge in [0.15, 0.2) is 0 Å². The standard InChI is InChI=1S/C6H12N2O/c1-7-8-4-2-3-6(8)5-9-7/h6H,2-5H2,1H3. The van der Waals surface area contributed by atoms with Gasteiger partial charge in [-0.15, -0.1) is 5.17 Å². The van der Waals surface area contributed by atoms with E-state index in [0.29, 0.717) is 6.04 Å². The molecule has 3 nitrogen and oxygen atoms in total. The number of hydrogen-bond acceptors (Lipinski definition) is 3. The fourth-order valence-electron chi connectivity index (χ4n) is 1.63. The summed E-state index contributed by atoms with van der Waals surface area (Å²) in [7, 11) is 1.98. The molecular weight excluding hydrogens is 116 g/mol. The SMILES string of the molecule is CN1OCC2CCCN21. The molecule has 1 unspecified atom stereocenters. The fraction of sp³-hybridized carbons (Fsp3) is 1.00. The van der Waals surface area contributed by atoms with Gasteiger partial charge in [-0.1, -0.05) is 0 Å². The van der Waals surface area contributed by atoms with Gasteiger partial charge in [0.05, 0.1) is 12.6 Å². The number of rotatable bonds is 0. The van der Waals surface area contributed by atoms with E-state index in [0.717, 1.165) is 6.61 Å². The molecule has 0 aromatic carbocycles. The predicted molar refractivity (Wildman–Crippen MR) is 33.4 cm³/mol. The van der Waals surface area contributed by atoms with Crippen molar-refractivity contribution in [1.82, 2.24) is 10.2 Å². The molecule has 2 aliphatic rings. The van der Waals surface area contributed by atoms with Gasteiger partial charge in [-0.2, -0.15) is 0 Å². The second-order valence-electron chi connectivity index (χ2n) is 2.72. The lowest BCUT2D eigenvalue weighted by molar-refractivity contribution is -0.197. The summed E-state index contributed by atoms with van der Waals surface area (Å²) in [6.45, 7) is 2.08. The van der Waals surface area contributed by atoms with Crippen LogP contribution in [0.5, 0.6) is 0 Å². The average molecular weight is 128 g/mol. The number of hydrazine groups is 1. The van der Waals surface area contributed by atoms with Crippen LogP contribution >= 0.6 is 0 Å². The number of hydrogen-bond donors (Lipinski definition) is 0. The Morgan fingerprint density at radius 1 is 1.56 bits per heavy atom. The van der Waals surface area contributed by atoms with Gasteiger partial charge in [-0.3, -0.25) is 4.84 Å². The number of fused-ring (bicyclic) bond motifs is 1. The highest BCUT2D eigenvalue weighted by molar-refractivity contribution is 4.77. The summed E-state index contributed by atoms with van der Waals surface area (Å²) in [5.41, 5.74) is 0. The third-order valence-electron chi connectivity index (χ3n) is 2.16. The first-order valence-corrected chi connectivity index (χ1v) is 3.51. The molecule has 2 fully saturated rings. The second-order valence-corrected chi connectivity index (χ2v) is 2.72. The van der Waals surface area contributed by atoms with E-state index < -0.39 is 0 Å². The predicted octanol–water partition coefficient (Wildman–Crippen LogP) is 0.243. The van der Waals surface area contributed by atoms with Crippen molar-refractivity contribution in [3.8, 4) is 0 Å². The first kappa shape index (κ1) is 5.65. The average Bonchev–Trinajstić information content (AvgIpc) is 2.35. The monoisotopic (exact) mass is 128 g/mol. The van der Waals surface area contributed by atoms with Crippen molar-refractivity contribution in [2.75, 3.05) is 20.2 Å². The molecule has 0 spiro atoms. The molecule has 0 bridgehead atoms. The highest BCUT2D eigenvalue weighted by atomic mass is 16.7. The summed E-state index contributed by atoms with van der Waals surface area (Å²) in [5.74, 6) is 0. The Kier molecular flexibility index (Phi) is 1.22. The van der Waals surface area contributed by atoms with Crippen LogP contribution in [-0.4, -0.2) is 36.4 Å². The zero-order valence-corrected chi connectivity index (χ0v) is 5.71. The minimum absolute atomic E-state index is 0.690. The Labute approximate surface area is 55.1 Å². The van der Waals surface area contributed by atoms with Crippen LogP contribution in [0, 0.1) is 0 Å². The van der Waals surface area contributed by atoms with Crippen LogP contribution in [0.25, 0.3) is 0 Å². The number of hydroxylamine groups is 1. The Hall–Kier alpha value is -0.120. The molecule has 2 heterocycles. The maximum Gasteiger partial charge on any atom is 0.0871 e. The van der Waals surface area contributed by atoms with Crippen molar-refractivity contribution >= 4 is 0 Å². The molecule has 0 aliphatic carbocycles. The van der Waals surface area contributed by atoms with Crippen LogP contribution in [0.1, 0.15) is 12.8 Å². The van der Waals surface area contributed by atoms with Crippen molar-refractivity contribution < 1.29 is 4.84 Å². The maximum absolute atomic E-state index is 5.28. The fourth-order valence-corrected chi connectivity index (χ4v) is 1.63. The molecule has 0 amide bonds. The molecule has 0 saturated carbocycles.